The Kier molecular flexibility index (Phi) is 6.08. The van der Waals surface area contributed by atoms with Crippen molar-refractivity contribution in [1.29, 1.82) is 0 Å². The van der Waals surface area contributed by atoms with E-state index in [0.29, 0.717) is 42.4 Å². The summed E-state index contributed by atoms with van der Waals surface area (Å²) in [4.78, 5) is 26.0. The van der Waals surface area contributed by atoms with Gasteiger partial charge in [-0.25, -0.2) is 4.79 Å². The van der Waals surface area contributed by atoms with Crippen LogP contribution in [0.4, 0.5) is 4.79 Å². The number of nitrogens with zero attached hydrogens (tertiary/aromatic N) is 4. The molecule has 3 aliphatic heterocycles. The Bertz CT molecular complexity index is 686. The van der Waals surface area contributed by atoms with E-state index in [-0.39, 0.29) is 6.09 Å². The summed E-state index contributed by atoms with van der Waals surface area (Å²) in [6.07, 6.45) is 6.27. The molecular formula is C21H32N4O4. The van der Waals surface area contributed by atoms with Crippen LogP contribution in [0.5, 0.6) is 11.8 Å². The molecule has 3 aliphatic rings. The average molecular weight is 405 g/mol. The number of carbonyl (C=O) groups excluding carboxylic acids is 1. The van der Waals surface area contributed by atoms with Crippen molar-refractivity contribution >= 4 is 6.09 Å². The fourth-order valence-electron chi connectivity index (χ4n) is 5.28. The van der Waals surface area contributed by atoms with Crippen LogP contribution in [0.15, 0.2) is 6.07 Å². The predicted molar refractivity (Wildman–Crippen MR) is 107 cm³/mol. The van der Waals surface area contributed by atoms with E-state index in [1.54, 1.807) is 20.3 Å². The Hall–Kier alpha value is -2.09. The maximum absolute atomic E-state index is 12.3. The van der Waals surface area contributed by atoms with E-state index >= 15 is 0 Å². The van der Waals surface area contributed by atoms with Gasteiger partial charge in [0.05, 0.1) is 26.9 Å². The summed E-state index contributed by atoms with van der Waals surface area (Å²) in [7, 11) is 3.23. The van der Waals surface area contributed by atoms with Crippen molar-refractivity contribution in [2.75, 3.05) is 33.9 Å². The largest absolute Gasteiger partial charge is 0.481 e. The number of rotatable bonds is 5. The molecule has 4 heterocycles. The van der Waals surface area contributed by atoms with Crippen molar-refractivity contribution in [3.8, 4) is 11.8 Å². The number of hydrogen-bond acceptors (Lipinski definition) is 7. The molecule has 2 unspecified atom stereocenters. The smallest absolute Gasteiger partial charge is 0.410 e. The third-order valence-electron chi connectivity index (χ3n) is 6.71. The van der Waals surface area contributed by atoms with E-state index in [0.717, 1.165) is 57.4 Å². The molecule has 2 bridgehead atoms. The fraction of sp³-hybridized carbons (Fsp3) is 0.762. The summed E-state index contributed by atoms with van der Waals surface area (Å²) in [5, 5.41) is 0. The Morgan fingerprint density at radius 1 is 1.00 bits per heavy atom. The first-order valence-corrected chi connectivity index (χ1v) is 10.8. The Morgan fingerprint density at radius 2 is 1.59 bits per heavy atom. The predicted octanol–water partition coefficient (Wildman–Crippen LogP) is 2.83. The quantitative estimate of drug-likeness (QED) is 0.747. The number of fused-ring (bicyclic) bond motifs is 2. The number of piperidine rings is 2. The van der Waals surface area contributed by atoms with E-state index in [1.807, 2.05) is 11.8 Å². The number of ether oxygens (including phenoxy) is 3. The Labute approximate surface area is 172 Å². The molecule has 0 aromatic carbocycles. The molecule has 2 atom stereocenters. The van der Waals surface area contributed by atoms with Crippen LogP contribution in [0.2, 0.25) is 0 Å². The molecule has 1 aromatic heterocycles. The standard InChI is InChI=1S/C21H32N4O4/c1-4-29-21(26)25-15-5-6-16(25)12-17(11-15)24-9-7-14(8-10-24)20-22-18(27-2)13-19(23-20)28-3/h13-17H,4-12H2,1-3H3. The van der Waals surface area contributed by atoms with Gasteiger partial charge in [-0.1, -0.05) is 0 Å². The van der Waals surface area contributed by atoms with Crippen LogP contribution in [0.25, 0.3) is 0 Å². The Morgan fingerprint density at radius 3 is 2.10 bits per heavy atom. The van der Waals surface area contributed by atoms with Gasteiger partial charge in [0.15, 0.2) is 0 Å². The Balaban J connectivity index is 1.36. The van der Waals surface area contributed by atoms with Gasteiger partial charge in [-0.05, 0) is 58.5 Å². The summed E-state index contributed by atoms with van der Waals surface area (Å²) in [6.45, 7) is 4.40. The molecule has 3 saturated heterocycles. The molecule has 29 heavy (non-hydrogen) atoms. The van der Waals surface area contributed by atoms with Crippen LogP contribution in [-0.4, -0.2) is 77.9 Å². The van der Waals surface area contributed by atoms with Gasteiger partial charge in [0.1, 0.15) is 5.82 Å². The molecule has 0 N–H and O–H groups in total. The first kappa shape index (κ1) is 20.2. The van der Waals surface area contributed by atoms with Crippen molar-refractivity contribution < 1.29 is 19.0 Å². The molecular weight excluding hydrogens is 372 g/mol. The number of hydrogen-bond donors (Lipinski definition) is 0. The van der Waals surface area contributed by atoms with Crippen LogP contribution < -0.4 is 9.47 Å². The highest BCUT2D eigenvalue weighted by Gasteiger charge is 2.45. The molecule has 4 rings (SSSR count). The minimum absolute atomic E-state index is 0.124. The van der Waals surface area contributed by atoms with Crippen molar-refractivity contribution in [3.63, 3.8) is 0 Å². The molecule has 8 heteroatoms. The first-order chi connectivity index (χ1) is 14.1. The topological polar surface area (TPSA) is 77.0 Å². The van der Waals surface area contributed by atoms with Crippen LogP contribution in [0.3, 0.4) is 0 Å². The summed E-state index contributed by atoms with van der Waals surface area (Å²) >= 11 is 0. The van der Waals surface area contributed by atoms with Gasteiger partial charge in [0.2, 0.25) is 11.8 Å². The van der Waals surface area contributed by atoms with Crippen LogP contribution >= 0.6 is 0 Å². The van der Waals surface area contributed by atoms with Crippen molar-refractivity contribution in [2.45, 2.75) is 69.5 Å². The highest BCUT2D eigenvalue weighted by Crippen LogP contribution is 2.39. The average Bonchev–Trinajstić information content (AvgIpc) is 3.03. The highest BCUT2D eigenvalue weighted by atomic mass is 16.6. The van der Waals surface area contributed by atoms with Gasteiger partial charge >= 0.3 is 6.09 Å². The molecule has 0 spiro atoms. The lowest BCUT2D eigenvalue weighted by atomic mass is 9.90. The number of aromatic nitrogens is 2. The van der Waals surface area contributed by atoms with Gasteiger partial charge < -0.3 is 24.0 Å². The summed E-state index contributed by atoms with van der Waals surface area (Å²) in [5.41, 5.74) is 0. The van der Waals surface area contributed by atoms with Gasteiger partial charge in [-0.2, -0.15) is 9.97 Å². The SMILES string of the molecule is CCOC(=O)N1C2CCC1CC(N1CCC(c3nc(OC)cc(OC)n3)CC1)C2. The van der Waals surface area contributed by atoms with Crippen LogP contribution in [-0.2, 0) is 4.74 Å². The van der Waals surface area contributed by atoms with E-state index in [2.05, 4.69) is 14.9 Å². The van der Waals surface area contributed by atoms with Crippen LogP contribution in [0.1, 0.15) is 57.2 Å². The number of likely N-dealkylation sites (tertiary alicyclic amines) is 1. The second kappa shape index (κ2) is 8.73. The minimum atomic E-state index is -0.124. The lowest BCUT2D eigenvalue weighted by Gasteiger charge is -2.44. The minimum Gasteiger partial charge on any atom is -0.481 e. The molecule has 0 saturated carbocycles. The third-order valence-corrected chi connectivity index (χ3v) is 6.71. The molecule has 0 radical (unpaired) electrons. The van der Waals surface area contributed by atoms with Crippen molar-refractivity contribution in [2.24, 2.45) is 0 Å². The first-order valence-electron chi connectivity index (χ1n) is 10.8. The normalized spacial score (nSPS) is 27.7. The van der Waals surface area contributed by atoms with Crippen LogP contribution in [0, 0.1) is 0 Å². The number of carbonyl (C=O) groups is 1. The monoisotopic (exact) mass is 404 g/mol. The number of amides is 1. The highest BCUT2D eigenvalue weighted by molar-refractivity contribution is 5.69. The fourth-order valence-corrected chi connectivity index (χ4v) is 5.28. The lowest BCUT2D eigenvalue weighted by molar-refractivity contribution is 0.0338. The molecule has 0 aliphatic carbocycles. The maximum Gasteiger partial charge on any atom is 0.410 e. The summed E-state index contributed by atoms with van der Waals surface area (Å²) < 4.78 is 15.9. The van der Waals surface area contributed by atoms with E-state index in [1.165, 1.54) is 0 Å². The zero-order valence-electron chi connectivity index (χ0n) is 17.7. The molecule has 1 amide bonds. The maximum atomic E-state index is 12.3. The van der Waals surface area contributed by atoms with Crippen molar-refractivity contribution in [3.05, 3.63) is 11.9 Å². The summed E-state index contributed by atoms with van der Waals surface area (Å²) in [6, 6.07) is 2.94. The summed E-state index contributed by atoms with van der Waals surface area (Å²) in [5.74, 6) is 2.25. The molecule has 8 nitrogen and oxygen atoms in total. The van der Waals surface area contributed by atoms with Gasteiger partial charge in [0, 0.05) is 24.0 Å². The number of methoxy groups -OCH3 is 2. The second-order valence-corrected chi connectivity index (χ2v) is 8.24. The van der Waals surface area contributed by atoms with Gasteiger partial charge in [-0.15, -0.1) is 0 Å². The third kappa shape index (κ3) is 4.13. The lowest BCUT2D eigenvalue weighted by Crippen LogP contribution is -2.53. The molecule has 1 aromatic rings. The van der Waals surface area contributed by atoms with E-state index in [9.17, 15) is 4.79 Å². The molecule has 160 valence electrons. The van der Waals surface area contributed by atoms with E-state index in [4.69, 9.17) is 14.2 Å². The second-order valence-electron chi connectivity index (χ2n) is 8.24. The van der Waals surface area contributed by atoms with E-state index < -0.39 is 0 Å². The zero-order valence-corrected chi connectivity index (χ0v) is 17.7. The van der Waals surface area contributed by atoms with Crippen molar-refractivity contribution in [1.82, 2.24) is 19.8 Å². The zero-order chi connectivity index (χ0) is 20.4. The van der Waals surface area contributed by atoms with Gasteiger partial charge in [0.25, 0.3) is 0 Å². The van der Waals surface area contributed by atoms with Gasteiger partial charge in [-0.3, -0.25) is 0 Å². The molecule has 3 fully saturated rings.